The van der Waals surface area contributed by atoms with E-state index in [0.29, 0.717) is 26.7 Å². The Hall–Kier alpha value is -2.58. The van der Waals surface area contributed by atoms with Crippen LogP contribution in [-0.4, -0.2) is 30.3 Å². The Morgan fingerprint density at radius 3 is 2.92 bits per heavy atom. The molecule has 0 saturated carbocycles. The van der Waals surface area contributed by atoms with Gasteiger partial charge in [-0.15, -0.1) is 0 Å². The van der Waals surface area contributed by atoms with Crippen molar-refractivity contribution in [3.63, 3.8) is 0 Å². The first-order valence-electron chi connectivity index (χ1n) is 7.36. The van der Waals surface area contributed by atoms with Gasteiger partial charge >= 0.3 is 0 Å². The van der Waals surface area contributed by atoms with Gasteiger partial charge in [0.15, 0.2) is 18.2 Å². The Morgan fingerprint density at radius 2 is 2.15 bits per heavy atom. The number of amidine groups is 1. The van der Waals surface area contributed by atoms with E-state index < -0.39 is 0 Å². The molecule has 0 amide bonds. The fourth-order valence-corrected chi connectivity index (χ4v) is 2.70. The van der Waals surface area contributed by atoms with E-state index in [2.05, 4.69) is 26.1 Å². The van der Waals surface area contributed by atoms with Crippen LogP contribution < -0.4 is 10.5 Å². The number of furan rings is 1. The van der Waals surface area contributed by atoms with Gasteiger partial charge in [-0.1, -0.05) is 16.8 Å². The van der Waals surface area contributed by atoms with Crippen LogP contribution in [0.1, 0.15) is 16.2 Å². The highest BCUT2D eigenvalue weighted by Crippen LogP contribution is 2.23. The number of benzene rings is 1. The number of Topliss-reactive ketones (excluding diaryl/α,β-unsaturated/α-hetero) is 1. The molecule has 0 unspecified atom stereocenters. The molecule has 2 heterocycles. The number of ether oxygens (including phenoxy) is 1. The van der Waals surface area contributed by atoms with Crippen molar-refractivity contribution in [2.24, 2.45) is 10.9 Å². The first-order valence-corrected chi connectivity index (χ1v) is 8.53. The monoisotopic (exact) mass is 437 g/mol. The molecule has 0 saturated heterocycles. The average molecular weight is 439 g/mol. The number of carbonyl (C=O) groups excluding carboxylic acids is 1. The van der Waals surface area contributed by atoms with Gasteiger partial charge in [0, 0.05) is 10.4 Å². The predicted octanol–water partition coefficient (Wildman–Crippen LogP) is 3.77. The molecule has 1 aromatic carbocycles. The van der Waals surface area contributed by atoms with Crippen molar-refractivity contribution in [2.75, 3.05) is 13.7 Å². The summed E-state index contributed by atoms with van der Waals surface area (Å²) in [6.45, 7) is -0.331. The maximum Gasteiger partial charge on any atom is 0.238 e. The van der Waals surface area contributed by atoms with Crippen LogP contribution in [0.5, 0.6) is 5.88 Å². The summed E-state index contributed by atoms with van der Waals surface area (Å²) in [5, 5.41) is 5.00. The lowest BCUT2D eigenvalue weighted by Gasteiger charge is -2.05. The molecular weight excluding hydrogens is 426 g/mol. The minimum atomic E-state index is -0.379. The van der Waals surface area contributed by atoms with Gasteiger partial charge in [-0.2, -0.15) is 0 Å². The average Bonchev–Trinajstić information content (AvgIpc) is 3.05. The lowest BCUT2D eigenvalue weighted by Crippen LogP contribution is -2.17. The molecule has 0 aliphatic carbocycles. The number of nitrogens with two attached hydrogens (primary N) is 1. The number of carbonyl (C=O) groups is 1. The summed E-state index contributed by atoms with van der Waals surface area (Å²) in [6, 6.07) is 10.0. The van der Waals surface area contributed by atoms with Crippen molar-refractivity contribution in [1.82, 2.24) is 4.98 Å². The van der Waals surface area contributed by atoms with Crippen LogP contribution in [0.15, 0.2) is 50.4 Å². The summed E-state index contributed by atoms with van der Waals surface area (Å²) in [7, 11) is 1.49. The molecular formula is C17H13BrClN3O4. The van der Waals surface area contributed by atoms with Crippen LogP contribution in [0.3, 0.4) is 0 Å². The maximum atomic E-state index is 12.2. The van der Waals surface area contributed by atoms with Gasteiger partial charge in [-0.25, -0.2) is 4.98 Å². The van der Waals surface area contributed by atoms with E-state index in [-0.39, 0.29) is 24.0 Å². The van der Waals surface area contributed by atoms with Gasteiger partial charge in [0.05, 0.1) is 11.6 Å². The van der Waals surface area contributed by atoms with Crippen LogP contribution >= 0.6 is 27.5 Å². The van der Waals surface area contributed by atoms with Crippen molar-refractivity contribution in [2.45, 2.75) is 0 Å². The van der Waals surface area contributed by atoms with Gasteiger partial charge in [-0.05, 0) is 52.3 Å². The largest absolute Gasteiger partial charge is 0.480 e. The van der Waals surface area contributed by atoms with Gasteiger partial charge in [0.1, 0.15) is 11.3 Å². The minimum absolute atomic E-state index is 0.0139. The molecule has 0 aliphatic rings. The van der Waals surface area contributed by atoms with E-state index in [1.165, 1.54) is 7.11 Å². The fraction of sp³-hybridized carbons (Fsp3) is 0.118. The summed E-state index contributed by atoms with van der Waals surface area (Å²) in [5.74, 6) is 0.146. The second-order valence-corrected chi connectivity index (χ2v) is 6.44. The van der Waals surface area contributed by atoms with E-state index in [0.717, 1.165) is 5.39 Å². The number of hydrogen-bond acceptors (Lipinski definition) is 6. The Bertz CT molecular complexity index is 1000. The van der Waals surface area contributed by atoms with Crippen LogP contribution in [-0.2, 0) is 4.84 Å². The number of aromatic nitrogens is 1. The lowest BCUT2D eigenvalue weighted by atomic mass is 10.2. The number of halogens is 2. The molecule has 7 nitrogen and oxygen atoms in total. The van der Waals surface area contributed by atoms with Crippen molar-refractivity contribution in [1.29, 1.82) is 0 Å². The molecule has 3 aromatic rings. The lowest BCUT2D eigenvalue weighted by molar-refractivity contribution is 0.0750. The Kier molecular flexibility index (Phi) is 5.43. The third kappa shape index (κ3) is 3.97. The van der Waals surface area contributed by atoms with E-state index in [4.69, 9.17) is 31.3 Å². The molecule has 0 bridgehead atoms. The number of methoxy groups -OCH3 is 1. The van der Waals surface area contributed by atoms with Crippen molar-refractivity contribution >= 4 is 50.1 Å². The van der Waals surface area contributed by atoms with Crippen molar-refractivity contribution in [3.8, 4) is 5.88 Å². The summed E-state index contributed by atoms with van der Waals surface area (Å²) in [6.07, 6.45) is 0. The highest BCUT2D eigenvalue weighted by Gasteiger charge is 2.14. The quantitative estimate of drug-likeness (QED) is 0.272. The molecule has 0 aliphatic heterocycles. The normalized spacial score (nSPS) is 11.6. The molecule has 2 aromatic heterocycles. The maximum absolute atomic E-state index is 12.2. The number of nitrogens with zero attached hydrogens (tertiary/aromatic N) is 2. The third-order valence-corrected chi connectivity index (χ3v) is 4.22. The highest BCUT2D eigenvalue weighted by atomic mass is 79.9. The minimum Gasteiger partial charge on any atom is -0.480 e. The van der Waals surface area contributed by atoms with Crippen LogP contribution in [0.25, 0.3) is 11.0 Å². The third-order valence-electron chi connectivity index (χ3n) is 3.38. The van der Waals surface area contributed by atoms with E-state index >= 15 is 0 Å². The topological polar surface area (TPSA) is 99.9 Å². The number of hydrogen-bond donors (Lipinski definition) is 1. The van der Waals surface area contributed by atoms with Crippen molar-refractivity contribution in [3.05, 3.63) is 57.3 Å². The van der Waals surface area contributed by atoms with Crippen LogP contribution in [0.4, 0.5) is 0 Å². The number of oxime groups is 1. The first-order chi connectivity index (χ1) is 12.5. The first kappa shape index (κ1) is 18.2. The number of fused-ring (bicyclic) bond motifs is 1. The molecule has 0 atom stereocenters. The van der Waals surface area contributed by atoms with Crippen LogP contribution in [0, 0.1) is 0 Å². The Morgan fingerprint density at radius 1 is 1.35 bits per heavy atom. The predicted molar refractivity (Wildman–Crippen MR) is 101 cm³/mol. The smallest absolute Gasteiger partial charge is 0.238 e. The van der Waals surface area contributed by atoms with E-state index in [1.807, 2.05) is 0 Å². The van der Waals surface area contributed by atoms with Gasteiger partial charge in [0.25, 0.3) is 0 Å². The zero-order valence-electron chi connectivity index (χ0n) is 13.5. The summed E-state index contributed by atoms with van der Waals surface area (Å²) in [5.41, 5.74) is 6.73. The van der Waals surface area contributed by atoms with Crippen molar-refractivity contribution < 1.29 is 18.8 Å². The standard InChI is InChI=1S/C17H13BrClN3O4/c1-24-17-11(18)3-4-12(21-17)16(20)22-25-8-13(23)15-7-9-6-10(19)2-5-14(9)26-15/h2-7H,8H2,1H3,(H2,20,22). The molecule has 9 heteroatoms. The molecule has 3 rings (SSSR count). The molecule has 0 fully saturated rings. The molecule has 0 radical (unpaired) electrons. The summed E-state index contributed by atoms with van der Waals surface area (Å²) >= 11 is 9.21. The van der Waals surface area contributed by atoms with E-state index in [1.54, 1.807) is 36.4 Å². The number of pyridine rings is 1. The van der Waals surface area contributed by atoms with Gasteiger partial charge < -0.3 is 19.7 Å². The zero-order chi connectivity index (χ0) is 18.7. The van der Waals surface area contributed by atoms with Crippen LogP contribution in [0.2, 0.25) is 5.02 Å². The summed E-state index contributed by atoms with van der Waals surface area (Å²) in [4.78, 5) is 21.3. The SMILES string of the molecule is COc1nc(/C(N)=N/OCC(=O)c2cc3cc(Cl)ccc3o2)ccc1Br. The second kappa shape index (κ2) is 7.76. The number of ketones is 1. The van der Waals surface area contributed by atoms with Gasteiger partial charge in [-0.3, -0.25) is 4.79 Å². The second-order valence-electron chi connectivity index (χ2n) is 5.15. The Labute approximate surface area is 161 Å². The Balaban J connectivity index is 1.67. The highest BCUT2D eigenvalue weighted by molar-refractivity contribution is 9.10. The zero-order valence-corrected chi connectivity index (χ0v) is 15.9. The summed E-state index contributed by atoms with van der Waals surface area (Å²) < 4.78 is 11.2. The van der Waals surface area contributed by atoms with E-state index in [9.17, 15) is 4.79 Å². The number of rotatable bonds is 6. The fourth-order valence-electron chi connectivity index (χ4n) is 2.14. The molecule has 26 heavy (non-hydrogen) atoms. The van der Waals surface area contributed by atoms with Gasteiger partial charge in [0.2, 0.25) is 11.7 Å². The molecule has 2 N–H and O–H groups in total. The molecule has 0 spiro atoms. The molecule has 134 valence electrons.